The Morgan fingerprint density at radius 3 is 3.00 bits per heavy atom. The van der Waals surface area contributed by atoms with E-state index in [1.165, 1.54) is 11.3 Å². The van der Waals surface area contributed by atoms with Crippen molar-refractivity contribution >= 4 is 60.9 Å². The quantitative estimate of drug-likeness (QED) is 0.768. The van der Waals surface area contributed by atoms with Crippen molar-refractivity contribution in [2.75, 3.05) is 5.32 Å². The van der Waals surface area contributed by atoms with Crippen molar-refractivity contribution in [2.24, 2.45) is 0 Å². The molecule has 0 fully saturated rings. The average molecular weight is 409 g/mol. The van der Waals surface area contributed by atoms with Crippen LogP contribution in [0.5, 0.6) is 0 Å². The molecule has 0 bridgehead atoms. The number of benzene rings is 1. The number of carbonyl (C=O) groups is 1. The van der Waals surface area contributed by atoms with Gasteiger partial charge in [-0.1, -0.05) is 0 Å². The largest absolute Gasteiger partial charge is 0.298 e. The minimum absolute atomic E-state index is 0.152. The summed E-state index contributed by atoms with van der Waals surface area (Å²) in [7, 11) is 0. The minimum Gasteiger partial charge on any atom is -0.298 e. The van der Waals surface area contributed by atoms with Gasteiger partial charge in [0.1, 0.15) is 0 Å². The van der Waals surface area contributed by atoms with E-state index < -0.39 is 0 Å². The molecule has 3 nitrogen and oxygen atoms in total. The van der Waals surface area contributed by atoms with Gasteiger partial charge >= 0.3 is 0 Å². The number of amides is 1. The van der Waals surface area contributed by atoms with Crippen molar-refractivity contribution in [3.8, 4) is 0 Å². The zero-order valence-electron chi connectivity index (χ0n) is 7.91. The number of nitrogens with one attached hydrogen (secondary N) is 1. The summed E-state index contributed by atoms with van der Waals surface area (Å²) >= 11 is 6.92. The van der Waals surface area contributed by atoms with Crippen LogP contribution < -0.4 is 5.32 Å². The van der Waals surface area contributed by atoms with Gasteiger partial charge in [0.2, 0.25) is 0 Å². The van der Waals surface area contributed by atoms with Crippen molar-refractivity contribution in [3.63, 3.8) is 0 Å². The van der Waals surface area contributed by atoms with Gasteiger partial charge in [0, 0.05) is 19.6 Å². The van der Waals surface area contributed by atoms with E-state index in [9.17, 15) is 4.79 Å². The van der Waals surface area contributed by atoms with Crippen LogP contribution in [0.4, 0.5) is 5.13 Å². The van der Waals surface area contributed by atoms with Gasteiger partial charge in [-0.2, -0.15) is 0 Å². The van der Waals surface area contributed by atoms with E-state index in [2.05, 4.69) is 48.8 Å². The van der Waals surface area contributed by atoms with E-state index in [1.807, 2.05) is 23.6 Å². The molecule has 0 saturated heterocycles. The maximum atomic E-state index is 11.9. The third-order valence-corrected chi connectivity index (χ3v) is 3.88. The Bertz CT molecular complexity index is 516. The lowest BCUT2D eigenvalue weighted by Gasteiger charge is -2.04. The van der Waals surface area contributed by atoms with Crippen LogP contribution >= 0.6 is 49.9 Å². The summed E-state index contributed by atoms with van der Waals surface area (Å²) in [6.45, 7) is 0. The topological polar surface area (TPSA) is 42.0 Å². The van der Waals surface area contributed by atoms with Crippen LogP contribution in [0.15, 0.2) is 34.2 Å². The van der Waals surface area contributed by atoms with Gasteiger partial charge in [-0.05, 0) is 56.7 Å². The first kappa shape index (κ1) is 12.0. The number of hydrogen-bond donors (Lipinski definition) is 1. The van der Waals surface area contributed by atoms with E-state index >= 15 is 0 Å². The summed E-state index contributed by atoms with van der Waals surface area (Å²) in [6.07, 6.45) is 1.66. The Kier molecular flexibility index (Phi) is 3.93. The summed E-state index contributed by atoms with van der Waals surface area (Å²) in [5, 5.41) is 5.17. The molecule has 16 heavy (non-hydrogen) atoms. The molecule has 0 atom stereocenters. The molecule has 1 N–H and O–H groups in total. The summed E-state index contributed by atoms with van der Waals surface area (Å²) in [6, 6.07) is 5.62. The molecule has 1 aromatic heterocycles. The van der Waals surface area contributed by atoms with Crippen LogP contribution in [-0.4, -0.2) is 10.9 Å². The van der Waals surface area contributed by atoms with Crippen LogP contribution in [-0.2, 0) is 0 Å². The zero-order valence-corrected chi connectivity index (χ0v) is 12.5. The maximum absolute atomic E-state index is 11.9. The molecule has 2 rings (SSSR count). The molecule has 0 unspecified atom stereocenters. The van der Waals surface area contributed by atoms with Gasteiger partial charge in [0.15, 0.2) is 5.13 Å². The summed E-state index contributed by atoms with van der Waals surface area (Å²) < 4.78 is 1.80. The standard InChI is InChI=1S/C10H6BrIN2OS/c11-8-2-1-6(12)5-7(8)9(15)14-10-13-3-4-16-10/h1-5H,(H,13,14,15). The molecule has 6 heteroatoms. The van der Waals surface area contributed by atoms with E-state index in [4.69, 9.17) is 0 Å². The first-order valence-electron chi connectivity index (χ1n) is 4.33. The van der Waals surface area contributed by atoms with Gasteiger partial charge in [0.05, 0.1) is 5.56 Å². The van der Waals surface area contributed by atoms with Gasteiger partial charge in [0.25, 0.3) is 5.91 Å². The Balaban J connectivity index is 2.24. The number of rotatable bonds is 2. The first-order chi connectivity index (χ1) is 7.66. The van der Waals surface area contributed by atoms with Crippen molar-refractivity contribution in [3.05, 3.63) is 43.4 Å². The monoisotopic (exact) mass is 408 g/mol. The molecule has 2 aromatic rings. The SMILES string of the molecule is O=C(Nc1nccs1)c1cc(I)ccc1Br. The second-order valence-corrected chi connectivity index (χ2v) is 5.91. The van der Waals surface area contributed by atoms with Crippen molar-refractivity contribution in [1.29, 1.82) is 0 Å². The molecule has 1 heterocycles. The molecule has 0 radical (unpaired) electrons. The number of halogens is 2. The molecule has 0 aliphatic carbocycles. The molecular formula is C10H6BrIN2OS. The second-order valence-electron chi connectivity index (χ2n) is 2.92. The number of thiazole rings is 1. The second kappa shape index (κ2) is 5.24. The third kappa shape index (κ3) is 2.80. The highest BCUT2D eigenvalue weighted by atomic mass is 127. The molecule has 0 saturated carbocycles. The highest BCUT2D eigenvalue weighted by molar-refractivity contribution is 14.1. The van der Waals surface area contributed by atoms with Crippen LogP contribution in [0, 0.1) is 3.57 Å². The van der Waals surface area contributed by atoms with E-state index in [0.29, 0.717) is 10.7 Å². The fourth-order valence-electron chi connectivity index (χ4n) is 1.12. The van der Waals surface area contributed by atoms with Crippen LogP contribution in [0.3, 0.4) is 0 Å². The molecule has 1 aromatic carbocycles. The lowest BCUT2D eigenvalue weighted by Crippen LogP contribution is -2.12. The Morgan fingerprint density at radius 1 is 1.50 bits per heavy atom. The van der Waals surface area contributed by atoms with Crippen LogP contribution in [0.1, 0.15) is 10.4 Å². The fraction of sp³-hybridized carbons (Fsp3) is 0. The number of hydrogen-bond acceptors (Lipinski definition) is 3. The summed E-state index contributed by atoms with van der Waals surface area (Å²) in [4.78, 5) is 15.9. The Labute approximate surface area is 119 Å². The van der Waals surface area contributed by atoms with Gasteiger partial charge < -0.3 is 0 Å². The molecule has 82 valence electrons. The molecule has 0 spiro atoms. The molecule has 0 aliphatic rings. The van der Waals surface area contributed by atoms with Gasteiger partial charge in [-0.25, -0.2) is 4.98 Å². The van der Waals surface area contributed by atoms with E-state index in [-0.39, 0.29) is 5.91 Å². The van der Waals surface area contributed by atoms with Crippen LogP contribution in [0.25, 0.3) is 0 Å². The Hall–Kier alpha value is -0.470. The summed E-state index contributed by atoms with van der Waals surface area (Å²) in [5.74, 6) is -0.152. The number of anilines is 1. The fourth-order valence-corrected chi connectivity index (χ4v) is 2.56. The van der Waals surface area contributed by atoms with Crippen molar-refractivity contribution in [1.82, 2.24) is 4.98 Å². The summed E-state index contributed by atoms with van der Waals surface area (Å²) in [5.41, 5.74) is 0.613. The zero-order chi connectivity index (χ0) is 11.5. The van der Waals surface area contributed by atoms with E-state index in [1.54, 1.807) is 6.20 Å². The first-order valence-corrected chi connectivity index (χ1v) is 7.08. The highest BCUT2D eigenvalue weighted by Crippen LogP contribution is 2.21. The smallest absolute Gasteiger partial charge is 0.258 e. The minimum atomic E-state index is -0.152. The van der Waals surface area contributed by atoms with Crippen LogP contribution in [0.2, 0.25) is 0 Å². The normalized spacial score (nSPS) is 10.1. The van der Waals surface area contributed by atoms with Gasteiger partial charge in [-0.15, -0.1) is 11.3 Å². The predicted molar refractivity (Wildman–Crippen MR) is 76.9 cm³/mol. The third-order valence-electron chi connectivity index (χ3n) is 1.83. The highest BCUT2D eigenvalue weighted by Gasteiger charge is 2.11. The number of carbonyl (C=O) groups excluding carboxylic acids is 1. The Morgan fingerprint density at radius 2 is 2.31 bits per heavy atom. The molecular weight excluding hydrogens is 403 g/mol. The maximum Gasteiger partial charge on any atom is 0.258 e. The lowest BCUT2D eigenvalue weighted by atomic mass is 10.2. The molecule has 1 amide bonds. The predicted octanol–water partition coefficient (Wildman–Crippen LogP) is 3.76. The number of nitrogens with zero attached hydrogens (tertiary/aromatic N) is 1. The van der Waals surface area contributed by atoms with Crippen molar-refractivity contribution in [2.45, 2.75) is 0 Å². The number of aromatic nitrogens is 1. The lowest BCUT2D eigenvalue weighted by molar-refractivity contribution is 0.102. The van der Waals surface area contributed by atoms with E-state index in [0.717, 1.165) is 8.04 Å². The van der Waals surface area contributed by atoms with Crippen molar-refractivity contribution < 1.29 is 4.79 Å². The van der Waals surface area contributed by atoms with Gasteiger partial charge in [-0.3, -0.25) is 10.1 Å². The average Bonchev–Trinajstić information content (AvgIpc) is 2.74. The molecule has 0 aliphatic heterocycles.